The van der Waals surface area contributed by atoms with Crippen LogP contribution in [0.2, 0.25) is 0 Å². The molecule has 0 aliphatic carbocycles. The third kappa shape index (κ3) is 2.86. The Morgan fingerprint density at radius 2 is 1.81 bits per heavy atom. The zero-order chi connectivity index (χ0) is 14.8. The molecule has 0 saturated heterocycles. The zero-order valence-corrected chi connectivity index (χ0v) is 12.8. The van der Waals surface area contributed by atoms with Crippen LogP contribution in [-0.2, 0) is 0 Å². The van der Waals surface area contributed by atoms with E-state index >= 15 is 0 Å². The fourth-order valence-electron chi connectivity index (χ4n) is 2.70. The minimum absolute atomic E-state index is 0.0762. The molecule has 108 valence electrons. The third-order valence-electron chi connectivity index (χ3n) is 3.89. The number of fused-ring (bicyclic) bond motifs is 1. The van der Waals surface area contributed by atoms with Crippen LogP contribution in [-0.4, -0.2) is 11.7 Å². The summed E-state index contributed by atoms with van der Waals surface area (Å²) in [4.78, 5) is 2.19. The highest BCUT2D eigenvalue weighted by Gasteiger charge is 2.22. The predicted octanol–water partition coefficient (Wildman–Crippen LogP) is 3.99. The van der Waals surface area contributed by atoms with E-state index in [1.165, 1.54) is 15.6 Å². The third-order valence-corrected chi connectivity index (χ3v) is 4.96. The highest BCUT2D eigenvalue weighted by molar-refractivity contribution is 7.12. The van der Waals surface area contributed by atoms with Crippen LogP contribution < -0.4 is 5.73 Å². The Bertz CT molecular complexity index is 750. The Morgan fingerprint density at radius 3 is 2.48 bits per heavy atom. The highest BCUT2D eigenvalue weighted by Crippen LogP contribution is 2.34. The molecule has 1 aromatic heterocycles. The summed E-state index contributed by atoms with van der Waals surface area (Å²) in [7, 11) is 0. The van der Waals surface area contributed by atoms with Gasteiger partial charge in [0.15, 0.2) is 0 Å². The molecule has 0 aliphatic rings. The molecular weight excluding hydrogens is 278 g/mol. The molecular formula is C18H19NOS. The van der Waals surface area contributed by atoms with Gasteiger partial charge in [0, 0.05) is 22.2 Å². The van der Waals surface area contributed by atoms with E-state index in [-0.39, 0.29) is 5.92 Å². The van der Waals surface area contributed by atoms with Crippen LogP contribution in [0.1, 0.15) is 27.3 Å². The summed E-state index contributed by atoms with van der Waals surface area (Å²) in [5.41, 5.74) is 7.03. The van der Waals surface area contributed by atoms with Gasteiger partial charge in [-0.05, 0) is 35.4 Å². The number of hydrogen-bond donors (Lipinski definition) is 2. The average Bonchev–Trinajstić information content (AvgIpc) is 2.94. The first-order valence-electron chi connectivity index (χ1n) is 7.12. The van der Waals surface area contributed by atoms with Gasteiger partial charge in [-0.25, -0.2) is 0 Å². The normalized spacial score (nSPS) is 14.2. The van der Waals surface area contributed by atoms with Gasteiger partial charge in [0.2, 0.25) is 0 Å². The zero-order valence-electron chi connectivity index (χ0n) is 12.0. The molecule has 0 amide bonds. The molecule has 3 heteroatoms. The Kier molecular flexibility index (Phi) is 4.06. The molecule has 2 unspecified atom stereocenters. The van der Waals surface area contributed by atoms with Crippen molar-refractivity contribution in [2.24, 2.45) is 5.73 Å². The molecule has 3 rings (SSSR count). The first-order chi connectivity index (χ1) is 10.2. The second-order valence-electron chi connectivity index (χ2n) is 5.34. The van der Waals surface area contributed by atoms with Crippen molar-refractivity contribution in [2.75, 3.05) is 6.54 Å². The Labute approximate surface area is 128 Å². The molecule has 3 aromatic rings. The lowest BCUT2D eigenvalue weighted by atomic mass is 9.91. The van der Waals surface area contributed by atoms with Crippen molar-refractivity contribution in [1.29, 1.82) is 0 Å². The summed E-state index contributed by atoms with van der Waals surface area (Å²) in [6.45, 7) is 2.48. The van der Waals surface area contributed by atoms with Crippen molar-refractivity contribution in [3.8, 4) is 0 Å². The fourth-order valence-corrected chi connectivity index (χ4v) is 3.63. The molecule has 0 fully saturated rings. The van der Waals surface area contributed by atoms with Gasteiger partial charge in [-0.3, -0.25) is 0 Å². The molecule has 1 heterocycles. The van der Waals surface area contributed by atoms with Crippen LogP contribution in [0.5, 0.6) is 0 Å². The van der Waals surface area contributed by atoms with E-state index in [1.54, 1.807) is 11.3 Å². The molecule has 2 atom stereocenters. The molecule has 0 radical (unpaired) electrons. The van der Waals surface area contributed by atoms with E-state index in [2.05, 4.69) is 30.3 Å². The van der Waals surface area contributed by atoms with E-state index in [1.807, 2.05) is 31.2 Å². The largest absolute Gasteiger partial charge is 0.387 e. The molecule has 0 aliphatic heterocycles. The summed E-state index contributed by atoms with van der Waals surface area (Å²) in [6, 6.07) is 18.6. The van der Waals surface area contributed by atoms with Crippen molar-refractivity contribution in [2.45, 2.75) is 18.9 Å². The number of aliphatic hydroxyl groups excluding tert-OH is 1. The Morgan fingerprint density at radius 1 is 1.05 bits per heavy atom. The fraction of sp³-hybridized carbons (Fsp3) is 0.222. The van der Waals surface area contributed by atoms with Gasteiger partial charge in [0.05, 0.1) is 6.10 Å². The summed E-state index contributed by atoms with van der Waals surface area (Å²) in [5, 5.41) is 13.0. The van der Waals surface area contributed by atoms with E-state index in [4.69, 9.17) is 5.73 Å². The summed E-state index contributed by atoms with van der Waals surface area (Å²) in [6.07, 6.45) is -0.546. The van der Waals surface area contributed by atoms with Crippen LogP contribution in [0.15, 0.2) is 54.6 Å². The number of aliphatic hydroxyl groups is 1. The summed E-state index contributed by atoms with van der Waals surface area (Å²) >= 11 is 1.63. The topological polar surface area (TPSA) is 46.2 Å². The second-order valence-corrected chi connectivity index (χ2v) is 6.66. The van der Waals surface area contributed by atoms with Gasteiger partial charge in [0.25, 0.3) is 0 Å². The first-order valence-corrected chi connectivity index (χ1v) is 7.94. The molecule has 2 aromatic carbocycles. The maximum absolute atomic E-state index is 10.6. The van der Waals surface area contributed by atoms with Crippen molar-refractivity contribution in [1.82, 2.24) is 0 Å². The standard InChI is InChI=1S/C18H19NOS/c1-12-6-9-17(21-12)18(20)16(11-19)15-8-7-13-4-2-3-5-14(13)10-15/h2-10,16,18,20H,11,19H2,1H3. The molecule has 3 N–H and O–H groups in total. The quantitative estimate of drug-likeness (QED) is 0.765. The van der Waals surface area contributed by atoms with Gasteiger partial charge in [0.1, 0.15) is 0 Å². The monoisotopic (exact) mass is 297 g/mol. The lowest BCUT2D eigenvalue weighted by Crippen LogP contribution is -2.19. The predicted molar refractivity (Wildman–Crippen MR) is 89.8 cm³/mol. The molecule has 0 spiro atoms. The number of thiophene rings is 1. The van der Waals surface area contributed by atoms with Gasteiger partial charge >= 0.3 is 0 Å². The van der Waals surface area contributed by atoms with Crippen molar-refractivity contribution in [3.63, 3.8) is 0 Å². The minimum atomic E-state index is -0.546. The van der Waals surface area contributed by atoms with Crippen LogP contribution in [0, 0.1) is 6.92 Å². The van der Waals surface area contributed by atoms with Crippen molar-refractivity contribution < 1.29 is 5.11 Å². The van der Waals surface area contributed by atoms with E-state index in [9.17, 15) is 5.11 Å². The van der Waals surface area contributed by atoms with Crippen LogP contribution in [0.25, 0.3) is 10.8 Å². The minimum Gasteiger partial charge on any atom is -0.387 e. The molecule has 0 saturated carbocycles. The smallest absolute Gasteiger partial charge is 0.0962 e. The highest BCUT2D eigenvalue weighted by atomic mass is 32.1. The number of rotatable bonds is 4. The van der Waals surface area contributed by atoms with Crippen molar-refractivity contribution in [3.05, 3.63) is 69.9 Å². The average molecular weight is 297 g/mol. The Balaban J connectivity index is 1.97. The Hall–Kier alpha value is -1.68. The number of hydrogen-bond acceptors (Lipinski definition) is 3. The van der Waals surface area contributed by atoms with E-state index in [0.29, 0.717) is 6.54 Å². The first kappa shape index (κ1) is 14.3. The van der Waals surface area contributed by atoms with Crippen LogP contribution >= 0.6 is 11.3 Å². The van der Waals surface area contributed by atoms with Gasteiger partial charge in [-0.1, -0.05) is 42.5 Å². The number of benzene rings is 2. The second kappa shape index (κ2) is 5.98. The maximum atomic E-state index is 10.6. The lowest BCUT2D eigenvalue weighted by molar-refractivity contribution is 0.151. The number of nitrogens with two attached hydrogens (primary N) is 1. The summed E-state index contributed by atoms with van der Waals surface area (Å²) < 4.78 is 0. The maximum Gasteiger partial charge on any atom is 0.0962 e. The van der Waals surface area contributed by atoms with E-state index in [0.717, 1.165) is 10.4 Å². The van der Waals surface area contributed by atoms with Crippen LogP contribution in [0.3, 0.4) is 0 Å². The van der Waals surface area contributed by atoms with Gasteiger partial charge in [-0.15, -0.1) is 11.3 Å². The molecule has 21 heavy (non-hydrogen) atoms. The number of aryl methyl sites for hydroxylation is 1. The summed E-state index contributed by atoms with van der Waals surface area (Å²) in [5.74, 6) is -0.0762. The SMILES string of the molecule is Cc1ccc(C(O)C(CN)c2ccc3ccccc3c2)s1. The molecule has 2 nitrogen and oxygen atoms in total. The lowest BCUT2D eigenvalue weighted by Gasteiger charge is -2.21. The van der Waals surface area contributed by atoms with E-state index < -0.39 is 6.10 Å². The van der Waals surface area contributed by atoms with Gasteiger partial charge < -0.3 is 10.8 Å². The van der Waals surface area contributed by atoms with Crippen LogP contribution in [0.4, 0.5) is 0 Å². The molecule has 0 bridgehead atoms. The van der Waals surface area contributed by atoms with Gasteiger partial charge in [-0.2, -0.15) is 0 Å². The van der Waals surface area contributed by atoms with Crippen molar-refractivity contribution >= 4 is 22.1 Å².